The lowest BCUT2D eigenvalue weighted by Gasteiger charge is -2.18. The quantitative estimate of drug-likeness (QED) is 0.837. The third-order valence-corrected chi connectivity index (χ3v) is 4.46. The first-order chi connectivity index (χ1) is 12.0. The maximum atomic E-state index is 11.2. The lowest BCUT2D eigenvalue weighted by Crippen LogP contribution is -2.08. The van der Waals surface area contributed by atoms with Gasteiger partial charge in [0.05, 0.1) is 21.3 Å². The van der Waals surface area contributed by atoms with E-state index in [1.165, 1.54) is 21.3 Å². The number of carbonyl (C=O) groups excluding carboxylic acids is 1. The van der Waals surface area contributed by atoms with Crippen LogP contribution in [0.1, 0.15) is 40.4 Å². The van der Waals surface area contributed by atoms with E-state index in [9.17, 15) is 9.90 Å². The minimum Gasteiger partial charge on any atom is -0.504 e. The van der Waals surface area contributed by atoms with Crippen molar-refractivity contribution in [1.82, 2.24) is 0 Å². The average molecular weight is 344 g/mol. The molecule has 0 bridgehead atoms. The van der Waals surface area contributed by atoms with E-state index in [1.54, 1.807) is 24.3 Å². The fraction of sp³-hybridized carbons (Fsp3) is 0.316. The van der Waals surface area contributed by atoms with Crippen LogP contribution in [0.2, 0.25) is 0 Å². The third-order valence-electron chi connectivity index (χ3n) is 4.46. The Morgan fingerprint density at radius 2 is 1.76 bits per heavy atom. The Balaban J connectivity index is 2.06. The van der Waals surface area contributed by atoms with Crippen molar-refractivity contribution in [1.29, 1.82) is 0 Å². The Morgan fingerprint density at radius 1 is 1.04 bits per heavy atom. The molecule has 0 fully saturated rings. The molecule has 25 heavy (non-hydrogen) atoms. The van der Waals surface area contributed by atoms with E-state index >= 15 is 0 Å². The smallest absolute Gasteiger partial charge is 0.203 e. The van der Waals surface area contributed by atoms with Gasteiger partial charge in [0, 0.05) is 22.6 Å². The zero-order valence-corrected chi connectivity index (χ0v) is 14.5. The number of phenols is 1. The lowest BCUT2D eigenvalue weighted by molar-refractivity contribution is 0.112. The molecule has 1 N–H and O–H groups in total. The molecule has 0 aromatic heterocycles. The summed E-state index contributed by atoms with van der Waals surface area (Å²) in [6.07, 6.45) is 0.432. The maximum Gasteiger partial charge on any atom is 0.203 e. The van der Waals surface area contributed by atoms with E-state index < -0.39 is 0 Å². The van der Waals surface area contributed by atoms with Crippen LogP contribution >= 0.6 is 0 Å². The summed E-state index contributed by atoms with van der Waals surface area (Å²) in [6.45, 7) is 2.00. The Labute approximate surface area is 145 Å². The van der Waals surface area contributed by atoms with Gasteiger partial charge in [0.15, 0.2) is 23.0 Å². The minimum absolute atomic E-state index is 0.0239. The van der Waals surface area contributed by atoms with Crippen molar-refractivity contribution >= 4 is 6.29 Å². The first-order valence-electron chi connectivity index (χ1n) is 7.82. The zero-order chi connectivity index (χ0) is 18.1. The van der Waals surface area contributed by atoms with Crippen molar-refractivity contribution in [3.63, 3.8) is 0 Å². The predicted molar refractivity (Wildman–Crippen MR) is 91.4 cm³/mol. The number of fused-ring (bicyclic) bond motifs is 1. The monoisotopic (exact) mass is 344 g/mol. The number of rotatable bonds is 5. The number of hydrogen-bond acceptors (Lipinski definition) is 6. The number of carbonyl (C=O) groups is 1. The summed E-state index contributed by atoms with van der Waals surface area (Å²) < 4.78 is 21.9. The van der Waals surface area contributed by atoms with Crippen LogP contribution in [0, 0.1) is 0 Å². The molecule has 132 valence electrons. The predicted octanol–water partition coefficient (Wildman–Crippen LogP) is 3.47. The molecule has 2 atom stereocenters. The second-order valence-corrected chi connectivity index (χ2v) is 5.86. The molecule has 1 aliphatic rings. The molecular weight excluding hydrogens is 324 g/mol. The summed E-state index contributed by atoms with van der Waals surface area (Å²) in [6, 6.07) is 6.82. The molecular formula is C19H20O6. The highest BCUT2D eigenvalue weighted by Crippen LogP contribution is 2.52. The molecule has 0 saturated carbocycles. The SMILES string of the molecule is COc1cc(C2Oc3c(OC)cc(C=O)cc3C2C)cc(O)c1OC. The fourth-order valence-corrected chi connectivity index (χ4v) is 3.21. The van der Waals surface area contributed by atoms with Gasteiger partial charge in [0.2, 0.25) is 5.75 Å². The number of hydrogen-bond donors (Lipinski definition) is 1. The molecule has 0 spiro atoms. The molecule has 3 rings (SSSR count). The highest BCUT2D eigenvalue weighted by molar-refractivity contribution is 5.78. The van der Waals surface area contributed by atoms with Crippen LogP contribution in [0.25, 0.3) is 0 Å². The summed E-state index contributed by atoms with van der Waals surface area (Å²) in [5.74, 6) is 1.75. The van der Waals surface area contributed by atoms with E-state index in [0.717, 1.165) is 17.4 Å². The van der Waals surface area contributed by atoms with Crippen LogP contribution in [0.15, 0.2) is 24.3 Å². The molecule has 1 aliphatic heterocycles. The van der Waals surface area contributed by atoms with Crippen molar-refractivity contribution < 1.29 is 28.8 Å². The molecule has 1 heterocycles. The normalized spacial score (nSPS) is 18.2. The van der Waals surface area contributed by atoms with Gasteiger partial charge < -0.3 is 24.1 Å². The van der Waals surface area contributed by atoms with Gasteiger partial charge in [-0.15, -0.1) is 0 Å². The van der Waals surface area contributed by atoms with Gasteiger partial charge in [-0.3, -0.25) is 4.79 Å². The summed E-state index contributed by atoms with van der Waals surface area (Å²) in [7, 11) is 4.51. The van der Waals surface area contributed by atoms with E-state index in [1.807, 2.05) is 6.92 Å². The minimum atomic E-state index is -0.350. The van der Waals surface area contributed by atoms with E-state index in [0.29, 0.717) is 22.8 Å². The van der Waals surface area contributed by atoms with Gasteiger partial charge in [-0.25, -0.2) is 0 Å². The van der Waals surface area contributed by atoms with Gasteiger partial charge in [0.25, 0.3) is 0 Å². The highest BCUT2D eigenvalue weighted by Gasteiger charge is 2.36. The van der Waals surface area contributed by atoms with Crippen LogP contribution in [0.5, 0.6) is 28.7 Å². The standard InChI is InChI=1S/C19H20O6/c1-10-13-5-11(9-20)6-15(22-2)18(13)25-17(10)12-7-14(21)19(24-4)16(8-12)23-3/h5-10,17,21H,1-4H3. The molecule has 0 radical (unpaired) electrons. The molecule has 6 heteroatoms. The van der Waals surface area contributed by atoms with Crippen molar-refractivity contribution in [2.24, 2.45) is 0 Å². The number of aldehydes is 1. The fourth-order valence-electron chi connectivity index (χ4n) is 3.21. The van der Waals surface area contributed by atoms with E-state index in [-0.39, 0.29) is 23.5 Å². The van der Waals surface area contributed by atoms with Crippen molar-refractivity contribution in [3.05, 3.63) is 41.0 Å². The van der Waals surface area contributed by atoms with E-state index in [2.05, 4.69) is 0 Å². The van der Waals surface area contributed by atoms with Gasteiger partial charge >= 0.3 is 0 Å². The summed E-state index contributed by atoms with van der Waals surface area (Å²) in [5, 5.41) is 10.2. The Kier molecular flexibility index (Phi) is 4.44. The number of phenolic OH excluding ortho intramolecular Hbond substituents is 1. The Hall–Kier alpha value is -2.89. The van der Waals surface area contributed by atoms with Gasteiger partial charge in [-0.05, 0) is 24.3 Å². The van der Waals surface area contributed by atoms with Gasteiger partial charge in [-0.1, -0.05) is 6.92 Å². The molecule has 0 amide bonds. The highest BCUT2D eigenvalue weighted by atomic mass is 16.5. The average Bonchev–Trinajstić information content (AvgIpc) is 2.96. The molecule has 0 saturated heterocycles. The number of benzene rings is 2. The van der Waals surface area contributed by atoms with Gasteiger partial charge in [0.1, 0.15) is 12.4 Å². The Morgan fingerprint density at radius 3 is 2.36 bits per heavy atom. The van der Waals surface area contributed by atoms with Crippen LogP contribution in [0.3, 0.4) is 0 Å². The largest absolute Gasteiger partial charge is 0.504 e. The van der Waals surface area contributed by atoms with Crippen molar-refractivity contribution in [3.8, 4) is 28.7 Å². The topological polar surface area (TPSA) is 74.2 Å². The summed E-state index contributed by atoms with van der Waals surface area (Å²) >= 11 is 0. The lowest BCUT2D eigenvalue weighted by atomic mass is 9.91. The van der Waals surface area contributed by atoms with Crippen LogP contribution < -0.4 is 18.9 Å². The number of methoxy groups -OCH3 is 3. The van der Waals surface area contributed by atoms with Crippen molar-refractivity contribution in [2.75, 3.05) is 21.3 Å². The zero-order valence-electron chi connectivity index (χ0n) is 14.5. The van der Waals surface area contributed by atoms with Gasteiger partial charge in [-0.2, -0.15) is 0 Å². The molecule has 0 aliphatic carbocycles. The summed E-state index contributed by atoms with van der Waals surface area (Å²) in [4.78, 5) is 11.2. The summed E-state index contributed by atoms with van der Waals surface area (Å²) in [5.41, 5.74) is 2.16. The van der Waals surface area contributed by atoms with E-state index in [4.69, 9.17) is 18.9 Å². The molecule has 2 aromatic rings. The first kappa shape index (κ1) is 17.0. The third kappa shape index (κ3) is 2.73. The second kappa shape index (κ2) is 6.55. The molecule has 6 nitrogen and oxygen atoms in total. The number of ether oxygens (including phenoxy) is 4. The Bertz CT molecular complexity index is 814. The molecule has 2 aromatic carbocycles. The van der Waals surface area contributed by atoms with Crippen LogP contribution in [-0.4, -0.2) is 32.7 Å². The van der Waals surface area contributed by atoms with Crippen LogP contribution in [-0.2, 0) is 0 Å². The first-order valence-corrected chi connectivity index (χ1v) is 7.82. The maximum absolute atomic E-state index is 11.2. The number of aromatic hydroxyl groups is 1. The molecule has 2 unspecified atom stereocenters. The second-order valence-electron chi connectivity index (χ2n) is 5.86. The van der Waals surface area contributed by atoms with Crippen molar-refractivity contribution in [2.45, 2.75) is 18.9 Å². The van der Waals surface area contributed by atoms with Crippen LogP contribution in [0.4, 0.5) is 0 Å².